The lowest BCUT2D eigenvalue weighted by Gasteiger charge is -2.33. The topological polar surface area (TPSA) is 25.2 Å². The maximum atomic E-state index is 12.5. The molecule has 3 nitrogen and oxygen atoms in total. The summed E-state index contributed by atoms with van der Waals surface area (Å²) < 4.78 is 3.17. The Morgan fingerprint density at radius 1 is 1.21 bits per heavy atom. The first-order chi connectivity index (χ1) is 9.16. The van der Waals surface area contributed by atoms with Gasteiger partial charge in [0.25, 0.3) is 5.91 Å². The Bertz CT molecular complexity index is 606. The van der Waals surface area contributed by atoms with Crippen LogP contribution in [0.1, 0.15) is 29.0 Å². The van der Waals surface area contributed by atoms with E-state index >= 15 is 0 Å². The number of benzene rings is 1. The van der Waals surface area contributed by atoms with Gasteiger partial charge < -0.3 is 9.47 Å². The number of carbonyl (C=O) groups excluding carboxylic acids is 1. The Kier molecular flexibility index (Phi) is 3.35. The SMILES string of the molecule is C[C@H](c1ccccc1)N1CCn2cc(I)cc2C1=O. The van der Waals surface area contributed by atoms with Gasteiger partial charge in [0.2, 0.25) is 0 Å². The van der Waals surface area contributed by atoms with E-state index in [-0.39, 0.29) is 11.9 Å². The number of nitrogens with zero attached hydrogens (tertiary/aromatic N) is 2. The van der Waals surface area contributed by atoms with E-state index in [1.165, 1.54) is 5.56 Å². The number of hydrogen-bond acceptors (Lipinski definition) is 1. The third kappa shape index (κ3) is 2.29. The Morgan fingerprint density at radius 3 is 2.68 bits per heavy atom. The van der Waals surface area contributed by atoms with Crippen molar-refractivity contribution >= 4 is 28.5 Å². The van der Waals surface area contributed by atoms with E-state index in [4.69, 9.17) is 0 Å². The summed E-state index contributed by atoms with van der Waals surface area (Å²) in [5, 5.41) is 0. The lowest BCUT2D eigenvalue weighted by molar-refractivity contribution is 0.0632. The smallest absolute Gasteiger partial charge is 0.271 e. The third-order valence-electron chi connectivity index (χ3n) is 3.67. The molecule has 3 rings (SSSR count). The van der Waals surface area contributed by atoms with Gasteiger partial charge in [-0.05, 0) is 41.1 Å². The van der Waals surface area contributed by atoms with Gasteiger partial charge in [0.15, 0.2) is 0 Å². The van der Waals surface area contributed by atoms with Gasteiger partial charge in [0, 0.05) is 22.9 Å². The second kappa shape index (κ2) is 5.00. The molecule has 0 bridgehead atoms. The first-order valence-electron chi connectivity index (χ1n) is 6.38. The highest BCUT2D eigenvalue weighted by atomic mass is 127. The van der Waals surface area contributed by atoms with Gasteiger partial charge in [0.1, 0.15) is 5.69 Å². The molecule has 0 spiro atoms. The number of carbonyl (C=O) groups is 1. The summed E-state index contributed by atoms with van der Waals surface area (Å²) in [7, 11) is 0. The van der Waals surface area contributed by atoms with Crippen LogP contribution in [-0.2, 0) is 6.54 Å². The van der Waals surface area contributed by atoms with Gasteiger partial charge in [-0.25, -0.2) is 0 Å². The summed E-state index contributed by atoms with van der Waals surface area (Å²) in [5.41, 5.74) is 1.99. The highest BCUT2D eigenvalue weighted by molar-refractivity contribution is 14.1. The van der Waals surface area contributed by atoms with Crippen molar-refractivity contribution in [3.8, 4) is 0 Å². The minimum atomic E-state index is 0.120. The average Bonchev–Trinajstić information content (AvgIpc) is 2.81. The monoisotopic (exact) mass is 366 g/mol. The van der Waals surface area contributed by atoms with Crippen LogP contribution >= 0.6 is 22.6 Å². The van der Waals surface area contributed by atoms with Crippen molar-refractivity contribution < 1.29 is 4.79 Å². The van der Waals surface area contributed by atoms with Gasteiger partial charge in [-0.3, -0.25) is 4.79 Å². The lowest BCUT2D eigenvalue weighted by Crippen LogP contribution is -2.41. The predicted molar refractivity (Wildman–Crippen MR) is 83.0 cm³/mol. The highest BCUT2D eigenvalue weighted by Gasteiger charge is 2.28. The van der Waals surface area contributed by atoms with Gasteiger partial charge >= 0.3 is 0 Å². The van der Waals surface area contributed by atoms with Crippen molar-refractivity contribution in [2.45, 2.75) is 19.5 Å². The largest absolute Gasteiger partial charge is 0.341 e. The fourth-order valence-corrected chi connectivity index (χ4v) is 3.22. The summed E-state index contributed by atoms with van der Waals surface area (Å²) in [5.74, 6) is 0.130. The molecule has 1 amide bonds. The molecule has 0 aliphatic carbocycles. The van der Waals surface area contributed by atoms with Crippen LogP contribution in [0.25, 0.3) is 0 Å². The van der Waals surface area contributed by atoms with Crippen LogP contribution in [0.3, 0.4) is 0 Å². The van der Waals surface area contributed by atoms with Crippen LogP contribution < -0.4 is 0 Å². The molecular weight excluding hydrogens is 351 g/mol. The zero-order chi connectivity index (χ0) is 13.4. The van der Waals surface area contributed by atoms with E-state index in [2.05, 4.69) is 46.2 Å². The number of halogens is 1. The molecule has 0 saturated carbocycles. The fraction of sp³-hybridized carbons (Fsp3) is 0.267. The molecule has 19 heavy (non-hydrogen) atoms. The molecular formula is C15H15IN2O. The molecule has 2 heterocycles. The molecule has 0 saturated heterocycles. The second-order valence-electron chi connectivity index (χ2n) is 4.82. The molecule has 1 aliphatic rings. The van der Waals surface area contributed by atoms with Gasteiger partial charge in [-0.2, -0.15) is 0 Å². The Hall–Kier alpha value is -1.30. The van der Waals surface area contributed by atoms with Gasteiger partial charge in [-0.15, -0.1) is 0 Å². The number of hydrogen-bond donors (Lipinski definition) is 0. The Balaban J connectivity index is 1.90. The second-order valence-corrected chi connectivity index (χ2v) is 6.07. The number of aromatic nitrogens is 1. The molecule has 1 aliphatic heterocycles. The zero-order valence-electron chi connectivity index (χ0n) is 10.7. The van der Waals surface area contributed by atoms with Crippen molar-refractivity contribution in [1.82, 2.24) is 9.47 Å². The molecule has 0 radical (unpaired) electrons. The first-order valence-corrected chi connectivity index (χ1v) is 7.46. The molecule has 2 aromatic rings. The number of fused-ring (bicyclic) bond motifs is 1. The third-order valence-corrected chi connectivity index (χ3v) is 4.26. The molecule has 0 fully saturated rings. The van der Waals surface area contributed by atoms with Crippen molar-refractivity contribution in [2.24, 2.45) is 0 Å². The van der Waals surface area contributed by atoms with Crippen molar-refractivity contribution in [1.29, 1.82) is 0 Å². The Morgan fingerprint density at radius 2 is 1.95 bits per heavy atom. The molecule has 98 valence electrons. The van der Waals surface area contributed by atoms with Crippen molar-refractivity contribution in [3.63, 3.8) is 0 Å². The highest BCUT2D eigenvalue weighted by Crippen LogP contribution is 2.26. The quantitative estimate of drug-likeness (QED) is 0.749. The van der Waals surface area contributed by atoms with Crippen molar-refractivity contribution in [2.75, 3.05) is 6.54 Å². The van der Waals surface area contributed by atoms with Crippen LogP contribution in [0, 0.1) is 3.57 Å². The van der Waals surface area contributed by atoms with E-state index in [0.717, 1.165) is 22.4 Å². The van der Waals surface area contributed by atoms with Crippen LogP contribution in [0.5, 0.6) is 0 Å². The first kappa shape index (κ1) is 12.7. The predicted octanol–water partition coefficient (Wildman–Crippen LogP) is 3.31. The minimum absolute atomic E-state index is 0.120. The van der Waals surface area contributed by atoms with E-state index in [1.807, 2.05) is 35.4 Å². The number of amides is 1. The average molecular weight is 366 g/mol. The summed E-state index contributed by atoms with van der Waals surface area (Å²) in [6, 6.07) is 12.3. The molecule has 0 N–H and O–H groups in total. The minimum Gasteiger partial charge on any atom is -0.341 e. The normalized spacial score (nSPS) is 16.3. The lowest BCUT2D eigenvalue weighted by atomic mass is 10.1. The molecule has 1 atom stereocenters. The summed E-state index contributed by atoms with van der Waals surface area (Å²) in [4.78, 5) is 14.5. The number of rotatable bonds is 2. The van der Waals surface area contributed by atoms with Crippen LogP contribution in [0.4, 0.5) is 0 Å². The van der Waals surface area contributed by atoms with Crippen LogP contribution in [0.15, 0.2) is 42.6 Å². The van der Waals surface area contributed by atoms with Gasteiger partial charge in [0.05, 0.1) is 6.04 Å². The van der Waals surface area contributed by atoms with Crippen LogP contribution in [-0.4, -0.2) is 21.9 Å². The maximum Gasteiger partial charge on any atom is 0.271 e. The van der Waals surface area contributed by atoms with Gasteiger partial charge in [-0.1, -0.05) is 30.3 Å². The zero-order valence-corrected chi connectivity index (χ0v) is 12.9. The summed E-state index contributed by atoms with van der Waals surface area (Å²) >= 11 is 2.26. The van der Waals surface area contributed by atoms with Crippen molar-refractivity contribution in [3.05, 3.63) is 57.4 Å². The Labute approximate surface area is 126 Å². The van der Waals surface area contributed by atoms with E-state index < -0.39 is 0 Å². The standard InChI is InChI=1S/C15H15IN2O/c1-11(12-5-3-2-4-6-12)18-8-7-17-10-13(16)9-14(17)15(18)19/h2-6,9-11H,7-8H2,1H3/t11-/m1/s1. The molecule has 0 unspecified atom stereocenters. The van der Waals surface area contributed by atoms with E-state index in [0.29, 0.717) is 0 Å². The maximum absolute atomic E-state index is 12.5. The summed E-state index contributed by atoms with van der Waals surface area (Å²) in [6.45, 7) is 3.74. The molecule has 1 aromatic carbocycles. The summed E-state index contributed by atoms with van der Waals surface area (Å²) in [6.07, 6.45) is 2.04. The van der Waals surface area contributed by atoms with E-state index in [1.54, 1.807) is 0 Å². The molecule has 4 heteroatoms. The van der Waals surface area contributed by atoms with Crippen LogP contribution in [0.2, 0.25) is 0 Å². The molecule has 1 aromatic heterocycles. The fourth-order valence-electron chi connectivity index (χ4n) is 2.58. The van der Waals surface area contributed by atoms with E-state index in [9.17, 15) is 4.79 Å².